The lowest BCUT2D eigenvalue weighted by Crippen LogP contribution is -2.54. The van der Waals surface area contributed by atoms with Crippen LogP contribution < -0.4 is 10.2 Å². The van der Waals surface area contributed by atoms with Crippen molar-refractivity contribution in [2.75, 3.05) is 36.5 Å². The number of aromatic nitrogens is 2. The Balaban J connectivity index is 1.83. The van der Waals surface area contributed by atoms with Crippen LogP contribution in [0.4, 0.5) is 35.8 Å². The molecule has 10 nitrogen and oxygen atoms in total. The van der Waals surface area contributed by atoms with E-state index in [0.717, 1.165) is 12.8 Å². The Kier molecular flexibility index (Phi) is 8.35. The van der Waals surface area contributed by atoms with Gasteiger partial charge in [0.15, 0.2) is 5.01 Å². The molecular weight excluding hydrogens is 526 g/mol. The Morgan fingerprint density at radius 3 is 2.79 bits per heavy atom. The van der Waals surface area contributed by atoms with Gasteiger partial charge in [0.1, 0.15) is 11.4 Å². The molecule has 1 aromatic heterocycles. The van der Waals surface area contributed by atoms with Gasteiger partial charge in [-0.05, 0) is 25.5 Å². The molecule has 2 aromatic rings. The molecule has 14 heteroatoms. The minimum Gasteiger partial charge on any atom is -0.449 e. The number of nitro benzene ring substituents is 1. The molecule has 0 radical (unpaired) electrons. The highest BCUT2D eigenvalue weighted by Gasteiger charge is 2.33. The number of benzene rings is 1. The van der Waals surface area contributed by atoms with Gasteiger partial charge in [-0.15, -0.1) is 10.2 Å². The third-order valence-corrected chi connectivity index (χ3v) is 6.34. The number of carbonyl (C=O) groups excluding carboxylic acids is 1. The molecule has 0 unspecified atom stereocenters. The summed E-state index contributed by atoms with van der Waals surface area (Å²) in [5.74, 6) is 0. The Labute approximate surface area is 201 Å². The number of carbonyl (C=O) groups is 1. The summed E-state index contributed by atoms with van der Waals surface area (Å²) in [6.07, 6.45) is -1.47. The number of alkyl halides is 2. The Morgan fingerprint density at radius 2 is 2.18 bits per heavy atom. The van der Waals surface area contributed by atoms with Gasteiger partial charge < -0.3 is 19.9 Å². The van der Waals surface area contributed by atoms with E-state index < -0.39 is 22.4 Å². The number of ether oxygens (including phenoxy) is 1. The topological polar surface area (TPSA) is 114 Å². The number of amides is 1. The molecule has 0 aliphatic carbocycles. The van der Waals surface area contributed by atoms with Crippen molar-refractivity contribution in [1.29, 1.82) is 0 Å². The first-order valence-corrected chi connectivity index (χ1v) is 11.9. The molecule has 1 atom stereocenters. The Hall–Kier alpha value is -2.61. The molecule has 2 heterocycles. The van der Waals surface area contributed by atoms with Gasteiger partial charge in [0.2, 0.25) is 5.13 Å². The van der Waals surface area contributed by atoms with Gasteiger partial charge in [-0.2, -0.15) is 0 Å². The quantitative estimate of drug-likeness (QED) is 0.267. The van der Waals surface area contributed by atoms with E-state index in [1.54, 1.807) is 11.0 Å². The lowest BCUT2D eigenvalue weighted by molar-refractivity contribution is -0.383. The van der Waals surface area contributed by atoms with E-state index in [2.05, 4.69) is 31.4 Å². The predicted molar refractivity (Wildman–Crippen MR) is 124 cm³/mol. The van der Waals surface area contributed by atoms with Gasteiger partial charge in [-0.3, -0.25) is 10.1 Å². The molecule has 1 amide bonds. The summed E-state index contributed by atoms with van der Waals surface area (Å²) in [5.41, 5.74) is 0.204. The molecule has 3 rings (SSSR count). The number of nitrogens with one attached hydrogen (secondary N) is 1. The number of hydrogen-bond donors (Lipinski definition) is 1. The van der Waals surface area contributed by atoms with Crippen molar-refractivity contribution in [1.82, 2.24) is 15.1 Å². The van der Waals surface area contributed by atoms with Crippen molar-refractivity contribution in [3.8, 4) is 0 Å². The van der Waals surface area contributed by atoms with Crippen molar-refractivity contribution < 1.29 is 23.2 Å². The normalized spacial score (nSPS) is 16.2. The first kappa shape index (κ1) is 25.0. The van der Waals surface area contributed by atoms with Crippen LogP contribution in [0.15, 0.2) is 16.6 Å². The monoisotopic (exact) mass is 548 g/mol. The molecule has 0 bridgehead atoms. The molecular formula is C19H23BrF2N6O4S. The fourth-order valence-corrected chi connectivity index (χ4v) is 4.49. The molecule has 1 aliphatic heterocycles. The van der Waals surface area contributed by atoms with Crippen molar-refractivity contribution in [3.05, 3.63) is 31.7 Å². The Bertz CT molecular complexity index is 1010. The van der Waals surface area contributed by atoms with E-state index in [0.29, 0.717) is 47.7 Å². The summed E-state index contributed by atoms with van der Waals surface area (Å²) in [6.45, 7) is 5.27. The van der Waals surface area contributed by atoms with Gasteiger partial charge in [-0.1, -0.05) is 40.6 Å². The highest BCUT2D eigenvalue weighted by Crippen LogP contribution is 2.41. The summed E-state index contributed by atoms with van der Waals surface area (Å²) in [4.78, 5) is 27.2. The van der Waals surface area contributed by atoms with Crippen molar-refractivity contribution in [3.63, 3.8) is 0 Å². The number of nitrogens with zero attached hydrogens (tertiary/aromatic N) is 5. The first-order chi connectivity index (χ1) is 15.7. The largest absolute Gasteiger partial charge is 0.449 e. The molecule has 180 valence electrons. The van der Waals surface area contributed by atoms with Crippen LogP contribution in [-0.4, -0.2) is 58.4 Å². The number of hydrogen-bond acceptors (Lipinski definition) is 9. The lowest BCUT2D eigenvalue weighted by atomic mass is 10.1. The molecule has 1 fully saturated rings. The Morgan fingerprint density at radius 1 is 1.42 bits per heavy atom. The van der Waals surface area contributed by atoms with Crippen LogP contribution in [0.2, 0.25) is 0 Å². The van der Waals surface area contributed by atoms with Gasteiger partial charge in [0.05, 0.1) is 11.5 Å². The molecule has 0 spiro atoms. The zero-order valence-corrected chi connectivity index (χ0v) is 20.4. The van der Waals surface area contributed by atoms with E-state index in [4.69, 9.17) is 4.74 Å². The molecule has 1 saturated heterocycles. The van der Waals surface area contributed by atoms with Crippen LogP contribution in [0.1, 0.15) is 38.1 Å². The second kappa shape index (κ2) is 11.0. The smallest absolute Gasteiger partial charge is 0.410 e. The van der Waals surface area contributed by atoms with Crippen LogP contribution in [0.5, 0.6) is 0 Å². The number of nitro groups is 1. The van der Waals surface area contributed by atoms with Crippen LogP contribution in [-0.2, 0) is 4.74 Å². The standard InChI is InChI=1S/C19H23BrF2N6O4S/c1-3-4-7-32-19(29)27-6-5-26(10-11(27)2)14-9-12(20)8-13(15(14)28(30)31)23-18-25-24-17(33-18)16(21)22/h8-9,11,16H,3-7,10H2,1-2H3,(H,23,25)/t11-/m0/s1. The molecule has 1 aromatic carbocycles. The first-order valence-electron chi connectivity index (χ1n) is 10.3. The second-order valence-electron chi connectivity index (χ2n) is 7.41. The number of rotatable bonds is 8. The zero-order chi connectivity index (χ0) is 24.1. The van der Waals surface area contributed by atoms with Crippen molar-refractivity contribution in [2.45, 2.75) is 39.2 Å². The summed E-state index contributed by atoms with van der Waals surface area (Å²) in [5, 5.41) is 21.3. The summed E-state index contributed by atoms with van der Waals surface area (Å²) in [7, 11) is 0. The van der Waals surface area contributed by atoms with Crippen LogP contribution in [0, 0.1) is 10.1 Å². The van der Waals surface area contributed by atoms with Gasteiger partial charge >= 0.3 is 11.8 Å². The van der Waals surface area contributed by atoms with Gasteiger partial charge in [0, 0.05) is 30.1 Å². The number of unbranched alkanes of at least 4 members (excludes halogenated alkanes) is 1. The average Bonchev–Trinajstić information content (AvgIpc) is 3.22. The van der Waals surface area contributed by atoms with E-state index in [1.165, 1.54) is 6.07 Å². The zero-order valence-electron chi connectivity index (χ0n) is 18.0. The minimum atomic E-state index is -2.78. The third-order valence-electron chi connectivity index (χ3n) is 5.03. The highest BCUT2D eigenvalue weighted by molar-refractivity contribution is 9.10. The molecule has 1 aliphatic rings. The lowest BCUT2D eigenvalue weighted by Gasteiger charge is -2.40. The average molecular weight is 549 g/mol. The second-order valence-corrected chi connectivity index (χ2v) is 9.33. The predicted octanol–water partition coefficient (Wildman–Crippen LogP) is 5.34. The minimum absolute atomic E-state index is 0.0189. The van der Waals surface area contributed by atoms with Crippen LogP contribution in [0.3, 0.4) is 0 Å². The maximum Gasteiger partial charge on any atom is 0.410 e. The number of piperazine rings is 1. The maximum atomic E-state index is 12.8. The molecule has 1 N–H and O–H groups in total. The van der Waals surface area contributed by atoms with Gasteiger partial charge in [0.25, 0.3) is 6.43 Å². The SMILES string of the molecule is CCCCOC(=O)N1CCN(c2cc(Br)cc(Nc3nnc(C(F)F)s3)c2[N+](=O)[O-])C[C@@H]1C. The molecule has 0 saturated carbocycles. The van der Waals surface area contributed by atoms with Crippen LogP contribution in [0.25, 0.3) is 0 Å². The van der Waals surface area contributed by atoms with Crippen molar-refractivity contribution in [2.24, 2.45) is 0 Å². The van der Waals surface area contributed by atoms with Crippen molar-refractivity contribution >= 4 is 55.6 Å². The van der Waals surface area contributed by atoms with E-state index >= 15 is 0 Å². The fourth-order valence-electron chi connectivity index (χ4n) is 3.44. The number of anilines is 3. The third kappa shape index (κ3) is 6.05. The fraction of sp³-hybridized carbons (Fsp3) is 0.526. The summed E-state index contributed by atoms with van der Waals surface area (Å²) < 4.78 is 31.5. The van der Waals surface area contributed by atoms with E-state index in [9.17, 15) is 23.7 Å². The van der Waals surface area contributed by atoms with E-state index in [1.807, 2.05) is 18.7 Å². The van der Waals surface area contributed by atoms with Gasteiger partial charge in [-0.25, -0.2) is 13.6 Å². The highest BCUT2D eigenvalue weighted by atomic mass is 79.9. The van der Waals surface area contributed by atoms with Crippen LogP contribution >= 0.6 is 27.3 Å². The summed E-state index contributed by atoms with van der Waals surface area (Å²) >= 11 is 3.99. The van der Waals surface area contributed by atoms with E-state index in [-0.39, 0.29) is 22.5 Å². The summed E-state index contributed by atoms with van der Waals surface area (Å²) in [6, 6.07) is 2.87. The number of halogens is 3. The molecule has 33 heavy (non-hydrogen) atoms. The maximum absolute atomic E-state index is 12.8.